The Bertz CT molecular complexity index is 221. The molecule has 0 aromatic rings. The third-order valence-electron chi connectivity index (χ3n) is 4.19. The van der Waals surface area contributed by atoms with Crippen LogP contribution < -0.4 is 0 Å². The molecule has 0 aromatic carbocycles. The molecule has 3 rings (SSSR count). The number of hydrogen-bond acceptors (Lipinski definition) is 1. The molecule has 0 aliphatic heterocycles. The average Bonchev–Trinajstić information content (AvgIpc) is 2.32. The van der Waals surface area contributed by atoms with Crippen molar-refractivity contribution in [1.82, 2.24) is 0 Å². The van der Waals surface area contributed by atoms with Gasteiger partial charge in [0, 0.05) is 11.8 Å². The zero-order valence-corrected chi connectivity index (χ0v) is 6.26. The molecule has 54 valence electrons. The van der Waals surface area contributed by atoms with E-state index in [1.54, 1.807) is 0 Å². The molecule has 0 bridgehead atoms. The summed E-state index contributed by atoms with van der Waals surface area (Å²) in [6.45, 7) is 2.18. The smallest absolute Gasteiger partial charge is 0.139 e. The molecule has 1 heteroatoms. The van der Waals surface area contributed by atoms with E-state index in [4.69, 9.17) is 0 Å². The van der Waals surface area contributed by atoms with Gasteiger partial charge in [-0.3, -0.25) is 4.79 Å². The van der Waals surface area contributed by atoms with Crippen LogP contribution in [-0.2, 0) is 4.79 Å². The standard InChI is InChI=1S/C9H12O/c1-9-6-4-5(8(6)9)2-3-7(9)10/h5-6,8H,2-4H2,1H3. The maximum Gasteiger partial charge on any atom is 0.139 e. The van der Waals surface area contributed by atoms with Crippen LogP contribution in [0, 0.1) is 23.2 Å². The molecule has 0 aromatic heterocycles. The van der Waals surface area contributed by atoms with E-state index in [0.717, 1.165) is 24.2 Å². The molecular formula is C9H12O. The monoisotopic (exact) mass is 136 g/mol. The van der Waals surface area contributed by atoms with Crippen LogP contribution in [0.2, 0.25) is 0 Å². The number of carbonyl (C=O) groups is 1. The van der Waals surface area contributed by atoms with Gasteiger partial charge in [-0.05, 0) is 30.6 Å². The Balaban J connectivity index is 2.04. The molecule has 0 spiro atoms. The molecular weight excluding hydrogens is 124 g/mol. The van der Waals surface area contributed by atoms with E-state index in [2.05, 4.69) is 6.92 Å². The molecule has 3 aliphatic carbocycles. The summed E-state index contributed by atoms with van der Waals surface area (Å²) < 4.78 is 0. The van der Waals surface area contributed by atoms with Crippen LogP contribution in [-0.4, -0.2) is 5.78 Å². The third-order valence-corrected chi connectivity index (χ3v) is 4.19. The lowest BCUT2D eigenvalue weighted by Crippen LogP contribution is -2.23. The minimum absolute atomic E-state index is 0.197. The number of ketones is 1. The molecule has 4 atom stereocenters. The largest absolute Gasteiger partial charge is 0.299 e. The summed E-state index contributed by atoms with van der Waals surface area (Å²) in [4.78, 5) is 11.4. The fourth-order valence-electron chi connectivity index (χ4n) is 3.40. The summed E-state index contributed by atoms with van der Waals surface area (Å²) in [6.07, 6.45) is 3.46. The molecule has 3 aliphatic rings. The van der Waals surface area contributed by atoms with Crippen LogP contribution in [0.1, 0.15) is 26.2 Å². The van der Waals surface area contributed by atoms with Gasteiger partial charge < -0.3 is 0 Å². The van der Waals surface area contributed by atoms with E-state index in [1.807, 2.05) is 0 Å². The summed E-state index contributed by atoms with van der Waals surface area (Å²) in [5.41, 5.74) is 0.197. The second kappa shape index (κ2) is 1.19. The second-order valence-corrected chi connectivity index (χ2v) is 4.37. The average molecular weight is 136 g/mol. The number of rotatable bonds is 0. The lowest BCUT2D eigenvalue weighted by Gasteiger charge is -2.25. The quantitative estimate of drug-likeness (QED) is 0.494. The predicted octanol–water partition coefficient (Wildman–Crippen LogP) is 1.62. The van der Waals surface area contributed by atoms with Gasteiger partial charge >= 0.3 is 0 Å². The molecule has 0 saturated heterocycles. The van der Waals surface area contributed by atoms with Gasteiger partial charge in [-0.15, -0.1) is 0 Å². The van der Waals surface area contributed by atoms with Gasteiger partial charge in [-0.2, -0.15) is 0 Å². The highest BCUT2D eigenvalue weighted by atomic mass is 16.1. The van der Waals surface area contributed by atoms with Gasteiger partial charge in [0.05, 0.1) is 0 Å². The molecule has 0 amide bonds. The Morgan fingerprint density at radius 1 is 1.60 bits per heavy atom. The van der Waals surface area contributed by atoms with E-state index < -0.39 is 0 Å². The van der Waals surface area contributed by atoms with Gasteiger partial charge in [0.15, 0.2) is 0 Å². The highest BCUT2D eigenvalue weighted by Crippen LogP contribution is 2.77. The highest BCUT2D eigenvalue weighted by Gasteiger charge is 2.75. The van der Waals surface area contributed by atoms with Crippen molar-refractivity contribution in [2.24, 2.45) is 23.2 Å². The van der Waals surface area contributed by atoms with Gasteiger partial charge in [0.25, 0.3) is 0 Å². The molecule has 0 radical (unpaired) electrons. The van der Waals surface area contributed by atoms with Crippen LogP contribution in [0.15, 0.2) is 0 Å². The summed E-state index contributed by atoms with van der Waals surface area (Å²) in [6, 6.07) is 0. The normalized spacial score (nSPS) is 62.9. The number of hydrogen-bond donors (Lipinski definition) is 0. The number of carbonyl (C=O) groups excluding carboxylic acids is 1. The van der Waals surface area contributed by atoms with Crippen molar-refractivity contribution < 1.29 is 4.79 Å². The first-order valence-corrected chi connectivity index (χ1v) is 4.28. The van der Waals surface area contributed by atoms with Crippen molar-refractivity contribution in [3.63, 3.8) is 0 Å². The first-order chi connectivity index (χ1) is 4.74. The fraction of sp³-hybridized carbons (Fsp3) is 0.889. The minimum atomic E-state index is 0.197. The van der Waals surface area contributed by atoms with Crippen molar-refractivity contribution in [3.8, 4) is 0 Å². The zero-order chi connectivity index (χ0) is 6.93. The lowest BCUT2D eigenvalue weighted by atomic mass is 9.79. The van der Waals surface area contributed by atoms with Crippen molar-refractivity contribution in [2.45, 2.75) is 26.2 Å². The fourth-order valence-corrected chi connectivity index (χ4v) is 3.40. The highest BCUT2D eigenvalue weighted by molar-refractivity contribution is 5.90. The molecule has 0 N–H and O–H groups in total. The Morgan fingerprint density at radius 2 is 2.40 bits per heavy atom. The first-order valence-electron chi connectivity index (χ1n) is 4.28. The van der Waals surface area contributed by atoms with Gasteiger partial charge in [0.2, 0.25) is 0 Å². The third kappa shape index (κ3) is 0.320. The predicted molar refractivity (Wildman–Crippen MR) is 37.4 cm³/mol. The van der Waals surface area contributed by atoms with Crippen molar-refractivity contribution in [2.75, 3.05) is 0 Å². The second-order valence-electron chi connectivity index (χ2n) is 4.37. The van der Waals surface area contributed by atoms with E-state index in [9.17, 15) is 4.79 Å². The topological polar surface area (TPSA) is 17.1 Å². The summed E-state index contributed by atoms with van der Waals surface area (Å²) >= 11 is 0. The maximum absolute atomic E-state index is 11.4. The van der Waals surface area contributed by atoms with Crippen LogP contribution in [0.4, 0.5) is 0 Å². The van der Waals surface area contributed by atoms with Crippen LogP contribution >= 0.6 is 0 Å². The molecule has 4 unspecified atom stereocenters. The van der Waals surface area contributed by atoms with Gasteiger partial charge in [-0.25, -0.2) is 0 Å². The zero-order valence-electron chi connectivity index (χ0n) is 6.26. The molecule has 3 saturated carbocycles. The van der Waals surface area contributed by atoms with E-state index in [1.165, 1.54) is 12.8 Å². The van der Waals surface area contributed by atoms with Crippen LogP contribution in [0.25, 0.3) is 0 Å². The van der Waals surface area contributed by atoms with Crippen molar-refractivity contribution >= 4 is 5.78 Å². The van der Waals surface area contributed by atoms with Crippen LogP contribution in [0.3, 0.4) is 0 Å². The Morgan fingerprint density at radius 3 is 3.10 bits per heavy atom. The Hall–Kier alpha value is -0.330. The summed E-state index contributed by atoms with van der Waals surface area (Å²) in [5.74, 6) is 3.19. The summed E-state index contributed by atoms with van der Waals surface area (Å²) in [5, 5.41) is 0. The Labute approximate surface area is 60.8 Å². The van der Waals surface area contributed by atoms with Crippen molar-refractivity contribution in [3.05, 3.63) is 0 Å². The van der Waals surface area contributed by atoms with E-state index in [0.29, 0.717) is 5.78 Å². The minimum Gasteiger partial charge on any atom is -0.299 e. The van der Waals surface area contributed by atoms with E-state index >= 15 is 0 Å². The molecule has 10 heavy (non-hydrogen) atoms. The number of fused-ring (bicyclic) bond motifs is 1. The van der Waals surface area contributed by atoms with E-state index in [-0.39, 0.29) is 5.41 Å². The first kappa shape index (κ1) is 5.34. The van der Waals surface area contributed by atoms with Crippen LogP contribution in [0.5, 0.6) is 0 Å². The molecule has 1 nitrogen and oxygen atoms in total. The SMILES string of the molecule is CC12C(=O)CCC3CC1C32. The maximum atomic E-state index is 11.4. The Kier molecular flexibility index (Phi) is 0.637. The van der Waals surface area contributed by atoms with Gasteiger partial charge in [-0.1, -0.05) is 6.92 Å². The molecule has 3 fully saturated rings. The van der Waals surface area contributed by atoms with Gasteiger partial charge in [0.1, 0.15) is 5.78 Å². The lowest BCUT2D eigenvalue weighted by molar-refractivity contribution is -0.125. The van der Waals surface area contributed by atoms with Crippen molar-refractivity contribution in [1.29, 1.82) is 0 Å². The summed E-state index contributed by atoms with van der Waals surface area (Å²) in [7, 11) is 0. The molecule has 0 heterocycles. The number of Topliss-reactive ketones (excluding diaryl/α,β-unsaturated/α-hetero) is 1.